The Kier molecular flexibility index (Phi) is 3.78. The second-order valence-corrected chi connectivity index (χ2v) is 2.87. The van der Waals surface area contributed by atoms with E-state index in [-0.39, 0.29) is 0 Å². The van der Waals surface area contributed by atoms with Crippen LogP contribution in [-0.4, -0.2) is 22.5 Å². The van der Waals surface area contributed by atoms with Gasteiger partial charge in [-0.15, -0.1) is 0 Å². The third kappa shape index (κ3) is 2.80. The molecular weight excluding hydrogens is 130 g/mol. The van der Waals surface area contributed by atoms with Crippen molar-refractivity contribution in [1.82, 2.24) is 4.90 Å². The predicted octanol–water partition coefficient (Wildman–Crippen LogP) is 1.94. The molecule has 0 N–H and O–H groups in total. The number of hydrogen-bond acceptors (Lipinski definition) is 1. The van der Waals surface area contributed by atoms with Crippen molar-refractivity contribution in [3.63, 3.8) is 0 Å². The van der Waals surface area contributed by atoms with Crippen LogP contribution in [0.15, 0.2) is 0 Å². The maximum atomic E-state index is 4.70. The van der Waals surface area contributed by atoms with Crippen LogP contribution in [0.4, 0.5) is 0 Å². The summed E-state index contributed by atoms with van der Waals surface area (Å²) in [6.45, 7) is 8.44. The standard InChI is InChI=1S/C7H14NS/c1-6(2)8(5-9)7(3)4/h6-7H,1-4H3. The van der Waals surface area contributed by atoms with Gasteiger partial charge in [-0.2, -0.15) is 0 Å². The van der Waals surface area contributed by atoms with Gasteiger partial charge in [0.1, 0.15) is 5.49 Å². The zero-order valence-corrected chi connectivity index (χ0v) is 7.33. The largest absolute Gasteiger partial charge is 0.356 e. The Morgan fingerprint density at radius 2 is 1.44 bits per heavy atom. The molecule has 0 atom stereocenters. The number of hydrogen-bond donors (Lipinski definition) is 0. The molecule has 0 rings (SSSR count). The van der Waals surface area contributed by atoms with Crippen molar-refractivity contribution in [1.29, 1.82) is 0 Å². The summed E-state index contributed by atoms with van der Waals surface area (Å²) in [6, 6.07) is 0.949. The molecule has 0 fully saturated rings. The van der Waals surface area contributed by atoms with Gasteiger partial charge in [0, 0.05) is 12.1 Å². The Labute approximate surface area is 63.0 Å². The molecule has 0 aromatic carbocycles. The minimum Gasteiger partial charge on any atom is -0.356 e. The molecule has 0 spiro atoms. The second kappa shape index (κ2) is 3.83. The Bertz CT molecular complexity index is 80.9. The maximum absolute atomic E-state index is 4.70. The molecular formula is C7H14NS. The molecule has 0 aliphatic carbocycles. The van der Waals surface area contributed by atoms with Crippen LogP contribution in [0.2, 0.25) is 0 Å². The minimum atomic E-state index is 0.475. The summed E-state index contributed by atoms with van der Waals surface area (Å²) in [5.41, 5.74) is 2.72. The van der Waals surface area contributed by atoms with Gasteiger partial charge in [-0.25, -0.2) is 0 Å². The highest BCUT2D eigenvalue weighted by Gasteiger charge is 2.07. The molecule has 9 heavy (non-hydrogen) atoms. The molecule has 2 heteroatoms. The topological polar surface area (TPSA) is 3.24 Å². The third-order valence-corrected chi connectivity index (χ3v) is 1.43. The lowest BCUT2D eigenvalue weighted by Crippen LogP contribution is -2.34. The maximum Gasteiger partial charge on any atom is 0.137 e. The lowest BCUT2D eigenvalue weighted by atomic mass is 10.2. The highest BCUT2D eigenvalue weighted by Crippen LogP contribution is 2.00. The molecule has 0 aliphatic rings. The van der Waals surface area contributed by atoms with Crippen molar-refractivity contribution in [3.8, 4) is 0 Å². The first-order valence-corrected chi connectivity index (χ1v) is 3.66. The fourth-order valence-corrected chi connectivity index (χ4v) is 1.23. The highest BCUT2D eigenvalue weighted by atomic mass is 32.1. The molecule has 0 aliphatic heterocycles. The molecule has 0 unspecified atom stereocenters. The monoisotopic (exact) mass is 144 g/mol. The van der Waals surface area contributed by atoms with Crippen LogP contribution >= 0.6 is 12.2 Å². The summed E-state index contributed by atoms with van der Waals surface area (Å²) in [5.74, 6) is 0. The quantitative estimate of drug-likeness (QED) is 0.440. The SMILES string of the molecule is CC(C)N([C]=S)C(C)C. The van der Waals surface area contributed by atoms with Gasteiger partial charge in [0.15, 0.2) is 0 Å². The summed E-state index contributed by atoms with van der Waals surface area (Å²) < 4.78 is 0. The van der Waals surface area contributed by atoms with Crippen LogP contribution in [0.25, 0.3) is 0 Å². The zero-order valence-electron chi connectivity index (χ0n) is 6.51. The zero-order chi connectivity index (χ0) is 7.44. The first kappa shape index (κ1) is 8.89. The smallest absolute Gasteiger partial charge is 0.137 e. The van der Waals surface area contributed by atoms with Gasteiger partial charge in [-0.1, -0.05) is 12.2 Å². The fraction of sp³-hybridized carbons (Fsp3) is 0.857. The molecule has 0 heterocycles. The van der Waals surface area contributed by atoms with Crippen molar-refractivity contribution in [2.24, 2.45) is 0 Å². The van der Waals surface area contributed by atoms with E-state index in [4.69, 9.17) is 12.2 Å². The second-order valence-electron chi connectivity index (χ2n) is 2.69. The predicted molar refractivity (Wildman–Crippen MR) is 44.7 cm³/mol. The minimum absolute atomic E-state index is 0.475. The average molecular weight is 144 g/mol. The van der Waals surface area contributed by atoms with E-state index in [1.807, 2.05) is 4.90 Å². The summed E-state index contributed by atoms with van der Waals surface area (Å²) in [7, 11) is 0. The van der Waals surface area contributed by atoms with E-state index in [9.17, 15) is 0 Å². The molecule has 1 radical (unpaired) electrons. The Morgan fingerprint density at radius 3 is 1.44 bits per heavy atom. The van der Waals surface area contributed by atoms with Gasteiger partial charge in [0.2, 0.25) is 0 Å². The molecule has 0 bridgehead atoms. The van der Waals surface area contributed by atoms with Crippen LogP contribution in [0.5, 0.6) is 0 Å². The Balaban J connectivity index is 3.82. The van der Waals surface area contributed by atoms with Gasteiger partial charge >= 0.3 is 0 Å². The summed E-state index contributed by atoms with van der Waals surface area (Å²) in [6.07, 6.45) is 0. The lowest BCUT2D eigenvalue weighted by Gasteiger charge is -2.26. The van der Waals surface area contributed by atoms with Crippen molar-refractivity contribution in [2.45, 2.75) is 39.8 Å². The van der Waals surface area contributed by atoms with E-state index >= 15 is 0 Å². The normalized spacial score (nSPS) is 10.4. The number of rotatable bonds is 3. The van der Waals surface area contributed by atoms with E-state index in [1.54, 1.807) is 0 Å². The summed E-state index contributed by atoms with van der Waals surface area (Å²) in [5, 5.41) is 0. The molecule has 0 amide bonds. The van der Waals surface area contributed by atoms with Crippen molar-refractivity contribution in [2.75, 3.05) is 0 Å². The van der Waals surface area contributed by atoms with E-state index in [0.717, 1.165) is 0 Å². The number of nitrogens with zero attached hydrogens (tertiary/aromatic N) is 1. The lowest BCUT2D eigenvalue weighted by molar-refractivity contribution is 0.306. The van der Waals surface area contributed by atoms with Gasteiger partial charge in [-0.05, 0) is 27.7 Å². The molecule has 0 aromatic heterocycles. The van der Waals surface area contributed by atoms with Crippen LogP contribution in [0, 0.1) is 0 Å². The molecule has 0 saturated heterocycles. The number of thiocarbonyl (C=S) groups is 1. The van der Waals surface area contributed by atoms with Crippen LogP contribution in [0.3, 0.4) is 0 Å². The Hall–Kier alpha value is -0.110. The van der Waals surface area contributed by atoms with Crippen molar-refractivity contribution < 1.29 is 0 Å². The summed E-state index contributed by atoms with van der Waals surface area (Å²) in [4.78, 5) is 2.02. The first-order chi connectivity index (χ1) is 4.09. The fourth-order valence-electron chi connectivity index (χ4n) is 0.807. The Morgan fingerprint density at radius 1 is 1.11 bits per heavy atom. The molecule has 0 saturated carbocycles. The van der Waals surface area contributed by atoms with Gasteiger partial charge in [0.05, 0.1) is 0 Å². The van der Waals surface area contributed by atoms with Crippen LogP contribution in [0.1, 0.15) is 27.7 Å². The highest BCUT2D eigenvalue weighted by molar-refractivity contribution is 7.78. The third-order valence-electron chi connectivity index (χ3n) is 1.22. The first-order valence-electron chi connectivity index (χ1n) is 3.25. The molecule has 1 nitrogen and oxygen atoms in total. The van der Waals surface area contributed by atoms with E-state index < -0.39 is 0 Å². The van der Waals surface area contributed by atoms with E-state index in [0.29, 0.717) is 12.1 Å². The van der Waals surface area contributed by atoms with Gasteiger partial charge in [-0.3, -0.25) is 0 Å². The van der Waals surface area contributed by atoms with Gasteiger partial charge < -0.3 is 4.90 Å². The van der Waals surface area contributed by atoms with E-state index in [1.165, 1.54) is 0 Å². The van der Waals surface area contributed by atoms with Gasteiger partial charge in [0.25, 0.3) is 0 Å². The van der Waals surface area contributed by atoms with Crippen LogP contribution in [-0.2, 0) is 0 Å². The van der Waals surface area contributed by atoms with E-state index in [2.05, 4.69) is 33.2 Å². The van der Waals surface area contributed by atoms with Crippen LogP contribution < -0.4 is 0 Å². The van der Waals surface area contributed by atoms with Crippen molar-refractivity contribution >= 4 is 17.7 Å². The summed E-state index contributed by atoms with van der Waals surface area (Å²) >= 11 is 4.70. The molecule has 53 valence electrons. The average Bonchev–Trinajstić information content (AvgIpc) is 1.64. The van der Waals surface area contributed by atoms with Crippen molar-refractivity contribution in [3.05, 3.63) is 0 Å². The molecule has 0 aromatic rings.